The summed E-state index contributed by atoms with van der Waals surface area (Å²) in [5.41, 5.74) is 0. The van der Waals surface area contributed by atoms with Gasteiger partial charge in [0, 0.05) is 12.7 Å². The smallest absolute Gasteiger partial charge is 0.261 e. The molecule has 0 radical (unpaired) electrons. The zero-order valence-electron chi connectivity index (χ0n) is 7.92. The summed E-state index contributed by atoms with van der Waals surface area (Å²) < 4.78 is 28.9. The van der Waals surface area contributed by atoms with E-state index in [0.717, 1.165) is 4.47 Å². The number of aromatic nitrogens is 1. The van der Waals surface area contributed by atoms with Crippen LogP contribution in [0.25, 0.3) is 0 Å². The van der Waals surface area contributed by atoms with Crippen molar-refractivity contribution >= 4 is 21.7 Å². The summed E-state index contributed by atoms with van der Waals surface area (Å²) in [6.45, 7) is 0.154. The van der Waals surface area contributed by atoms with Crippen molar-refractivity contribution in [2.75, 3.05) is 25.1 Å². The first kappa shape index (κ1) is 12.3. The summed E-state index contributed by atoms with van der Waals surface area (Å²) in [4.78, 5) is 4.05. The number of hydrogen-bond donors (Lipinski definition) is 1. The lowest BCUT2D eigenvalue weighted by molar-refractivity contribution is 0.0215. The lowest BCUT2D eigenvalue weighted by Crippen LogP contribution is -2.13. The van der Waals surface area contributed by atoms with Crippen LogP contribution in [0, 0.1) is 0 Å². The molecule has 1 rings (SSSR count). The normalized spacial score (nSPS) is 10.7. The van der Waals surface area contributed by atoms with Crippen LogP contribution >= 0.6 is 15.9 Å². The van der Waals surface area contributed by atoms with Gasteiger partial charge in [0.25, 0.3) is 6.43 Å². The maximum atomic E-state index is 11.7. The summed E-state index contributed by atoms with van der Waals surface area (Å²) in [5, 5.41) is 2.96. The lowest BCUT2D eigenvalue weighted by atomic mass is 10.4. The van der Waals surface area contributed by atoms with Gasteiger partial charge in [-0.15, -0.1) is 0 Å². The van der Waals surface area contributed by atoms with Crippen molar-refractivity contribution in [2.45, 2.75) is 6.43 Å². The summed E-state index contributed by atoms with van der Waals surface area (Å²) in [6, 6.07) is 3.64. The van der Waals surface area contributed by atoms with E-state index in [1.807, 2.05) is 6.07 Å². The number of rotatable bonds is 6. The minimum atomic E-state index is -2.41. The topological polar surface area (TPSA) is 34.1 Å². The number of alkyl halides is 2. The molecular weight excluding hydrogens is 270 g/mol. The number of nitrogens with zero attached hydrogens (tertiary/aromatic N) is 1. The first-order valence-corrected chi connectivity index (χ1v) is 5.19. The van der Waals surface area contributed by atoms with Crippen LogP contribution in [0.5, 0.6) is 0 Å². The summed E-state index contributed by atoms with van der Waals surface area (Å²) >= 11 is 3.30. The van der Waals surface area contributed by atoms with Crippen molar-refractivity contribution in [1.82, 2.24) is 4.98 Å². The quantitative estimate of drug-likeness (QED) is 0.814. The molecule has 0 bridgehead atoms. The van der Waals surface area contributed by atoms with Gasteiger partial charge in [-0.3, -0.25) is 0 Å². The van der Waals surface area contributed by atoms with E-state index in [1.54, 1.807) is 12.3 Å². The summed E-state index contributed by atoms with van der Waals surface area (Å²) in [5.74, 6) is 0.679. The summed E-state index contributed by atoms with van der Waals surface area (Å²) in [6.07, 6.45) is -0.765. The van der Waals surface area contributed by atoms with Crippen molar-refractivity contribution in [1.29, 1.82) is 0 Å². The molecule has 1 aromatic rings. The first-order valence-electron chi connectivity index (χ1n) is 4.40. The van der Waals surface area contributed by atoms with Crippen LogP contribution in [-0.2, 0) is 4.74 Å². The lowest BCUT2D eigenvalue weighted by Gasteiger charge is -2.07. The maximum Gasteiger partial charge on any atom is 0.261 e. The number of anilines is 1. The molecule has 3 nitrogen and oxygen atoms in total. The molecule has 1 heterocycles. The average Bonchev–Trinajstić information content (AvgIpc) is 2.20. The molecule has 0 saturated carbocycles. The predicted molar refractivity (Wildman–Crippen MR) is 57.2 cm³/mol. The van der Waals surface area contributed by atoms with E-state index in [2.05, 4.69) is 26.2 Å². The monoisotopic (exact) mass is 280 g/mol. The van der Waals surface area contributed by atoms with Gasteiger partial charge in [0.2, 0.25) is 0 Å². The van der Waals surface area contributed by atoms with Gasteiger partial charge in [-0.25, -0.2) is 13.8 Å². The average molecular weight is 281 g/mol. The molecule has 1 N–H and O–H groups in total. The Morgan fingerprint density at radius 2 is 2.33 bits per heavy atom. The summed E-state index contributed by atoms with van der Waals surface area (Å²) in [7, 11) is 0. The molecular formula is C9H11BrF2N2O. The van der Waals surface area contributed by atoms with E-state index in [0.29, 0.717) is 12.4 Å². The van der Waals surface area contributed by atoms with Crippen LogP contribution in [-0.4, -0.2) is 31.2 Å². The fourth-order valence-corrected chi connectivity index (χ4v) is 1.32. The molecule has 0 aliphatic rings. The van der Waals surface area contributed by atoms with Crippen molar-refractivity contribution in [2.24, 2.45) is 0 Å². The molecule has 0 aliphatic carbocycles. The number of pyridine rings is 1. The van der Waals surface area contributed by atoms with E-state index in [9.17, 15) is 8.78 Å². The van der Waals surface area contributed by atoms with Gasteiger partial charge in [0.1, 0.15) is 12.4 Å². The Kier molecular flexibility index (Phi) is 5.49. The third-order valence-electron chi connectivity index (χ3n) is 1.54. The zero-order chi connectivity index (χ0) is 11.1. The highest BCUT2D eigenvalue weighted by atomic mass is 79.9. The SMILES string of the molecule is FC(F)COCCNc1ncccc1Br. The largest absolute Gasteiger partial charge is 0.374 e. The number of nitrogens with one attached hydrogen (secondary N) is 1. The molecule has 0 spiro atoms. The Balaban J connectivity index is 2.18. The minimum Gasteiger partial charge on any atom is -0.374 e. The van der Waals surface area contributed by atoms with Crippen LogP contribution < -0.4 is 5.32 Å². The Hall–Kier alpha value is -0.750. The van der Waals surface area contributed by atoms with Crippen LogP contribution in [0.4, 0.5) is 14.6 Å². The van der Waals surface area contributed by atoms with Crippen molar-refractivity contribution in [3.8, 4) is 0 Å². The second-order valence-corrected chi connectivity index (χ2v) is 3.58. The van der Waals surface area contributed by atoms with Crippen molar-refractivity contribution in [3.05, 3.63) is 22.8 Å². The molecule has 1 aromatic heterocycles. The van der Waals surface area contributed by atoms with Gasteiger partial charge in [-0.1, -0.05) is 0 Å². The third kappa shape index (κ3) is 5.03. The molecule has 0 aliphatic heterocycles. The van der Waals surface area contributed by atoms with E-state index < -0.39 is 13.0 Å². The Labute approximate surface area is 95.0 Å². The van der Waals surface area contributed by atoms with Crippen molar-refractivity contribution in [3.63, 3.8) is 0 Å². The van der Waals surface area contributed by atoms with Crippen LogP contribution in [0.3, 0.4) is 0 Å². The van der Waals surface area contributed by atoms with Crippen LogP contribution in [0.15, 0.2) is 22.8 Å². The molecule has 15 heavy (non-hydrogen) atoms. The maximum absolute atomic E-state index is 11.7. The van der Waals surface area contributed by atoms with Gasteiger partial charge in [0.15, 0.2) is 0 Å². The van der Waals surface area contributed by atoms with Gasteiger partial charge in [-0.2, -0.15) is 0 Å². The van der Waals surface area contributed by atoms with Gasteiger partial charge < -0.3 is 10.1 Å². The molecule has 0 atom stereocenters. The standard InChI is InChI=1S/C9H11BrF2N2O/c10-7-2-1-3-13-9(7)14-4-5-15-6-8(11)12/h1-3,8H,4-6H2,(H,13,14). The second-order valence-electron chi connectivity index (χ2n) is 2.73. The van der Waals surface area contributed by atoms with E-state index in [-0.39, 0.29) is 6.61 Å². The number of ether oxygens (including phenoxy) is 1. The molecule has 0 amide bonds. The van der Waals surface area contributed by atoms with E-state index in [1.165, 1.54) is 0 Å². The van der Waals surface area contributed by atoms with Crippen molar-refractivity contribution < 1.29 is 13.5 Å². The minimum absolute atomic E-state index is 0.230. The fourth-order valence-electron chi connectivity index (χ4n) is 0.930. The number of halogens is 3. The second kappa shape index (κ2) is 6.68. The number of hydrogen-bond acceptors (Lipinski definition) is 3. The van der Waals surface area contributed by atoms with Gasteiger partial charge in [-0.05, 0) is 28.1 Å². The predicted octanol–water partition coefficient (Wildman–Crippen LogP) is 2.54. The highest BCUT2D eigenvalue weighted by Gasteiger charge is 2.02. The molecule has 6 heteroatoms. The first-order chi connectivity index (χ1) is 7.20. The highest BCUT2D eigenvalue weighted by molar-refractivity contribution is 9.10. The van der Waals surface area contributed by atoms with Gasteiger partial charge in [0.05, 0.1) is 11.1 Å². The molecule has 0 aromatic carbocycles. The molecule has 0 unspecified atom stereocenters. The molecule has 0 fully saturated rings. The van der Waals surface area contributed by atoms with Gasteiger partial charge >= 0.3 is 0 Å². The Morgan fingerprint density at radius 3 is 3.00 bits per heavy atom. The Bertz CT molecular complexity index is 299. The van der Waals surface area contributed by atoms with E-state index in [4.69, 9.17) is 4.74 Å². The zero-order valence-corrected chi connectivity index (χ0v) is 9.51. The molecule has 84 valence electrons. The van der Waals surface area contributed by atoms with E-state index >= 15 is 0 Å². The Morgan fingerprint density at radius 1 is 1.53 bits per heavy atom. The molecule has 0 saturated heterocycles. The third-order valence-corrected chi connectivity index (χ3v) is 2.18. The fraction of sp³-hybridized carbons (Fsp3) is 0.444. The van der Waals surface area contributed by atoms with Crippen LogP contribution in [0.2, 0.25) is 0 Å². The van der Waals surface area contributed by atoms with Crippen LogP contribution in [0.1, 0.15) is 0 Å². The highest BCUT2D eigenvalue weighted by Crippen LogP contribution is 2.17.